The zero-order valence-corrected chi connectivity index (χ0v) is 18.5. The monoisotopic (exact) mass is 397 g/mol. The van der Waals surface area contributed by atoms with Crippen LogP contribution in [0.15, 0.2) is 54.7 Å². The van der Waals surface area contributed by atoms with Crippen molar-refractivity contribution in [3.63, 3.8) is 0 Å². The summed E-state index contributed by atoms with van der Waals surface area (Å²) in [7, 11) is -2.32. The Labute approximate surface area is 169 Å². The van der Waals surface area contributed by atoms with Gasteiger partial charge in [-0.25, -0.2) is 4.79 Å². The number of benzene rings is 1. The molecule has 0 aliphatic carbocycles. The fourth-order valence-corrected chi connectivity index (χ4v) is 7.99. The largest absolute Gasteiger partial charge is 0.463 e. The zero-order chi connectivity index (χ0) is 20.6. The molecule has 28 heavy (non-hydrogen) atoms. The molecule has 0 aliphatic rings. The normalized spacial score (nSPS) is 12.1. The summed E-state index contributed by atoms with van der Waals surface area (Å²) in [6.07, 6.45) is 5.11. The highest BCUT2D eigenvalue weighted by molar-refractivity contribution is 6.88. The third-order valence-corrected chi connectivity index (χ3v) is 10.1. The number of ether oxygens (including phenoxy) is 1. The standard InChI is InChI=1S/C23H31NO3Si/c1-6-26-23(25)15-14-20-11-7-8-12-21(20)17-27-28(18(2)3,19(4)5)22-13-9-10-16-24-22/h7-16,18-19H,6,17H2,1-5H3/b15-14+. The molecule has 0 amide bonds. The molecular weight excluding hydrogens is 366 g/mol. The number of rotatable bonds is 9. The number of carbonyl (C=O) groups excluding carboxylic acids is 1. The molecule has 0 N–H and O–H groups in total. The molecular formula is C23H31NO3Si. The fraction of sp³-hybridized carbons (Fsp3) is 0.391. The first-order chi connectivity index (χ1) is 13.4. The Bertz CT molecular complexity index is 779. The lowest BCUT2D eigenvalue weighted by molar-refractivity contribution is -0.137. The van der Waals surface area contributed by atoms with E-state index in [2.05, 4.69) is 38.7 Å². The van der Waals surface area contributed by atoms with Gasteiger partial charge in [0.2, 0.25) is 8.32 Å². The van der Waals surface area contributed by atoms with E-state index in [1.165, 1.54) is 6.08 Å². The first-order valence-corrected chi connectivity index (χ1v) is 12.0. The summed E-state index contributed by atoms with van der Waals surface area (Å²) >= 11 is 0. The zero-order valence-electron chi connectivity index (χ0n) is 17.5. The van der Waals surface area contributed by atoms with Crippen LogP contribution in [0.1, 0.15) is 45.7 Å². The average Bonchev–Trinajstić information content (AvgIpc) is 2.68. The van der Waals surface area contributed by atoms with Crippen LogP contribution in [0.3, 0.4) is 0 Å². The smallest absolute Gasteiger partial charge is 0.330 e. The molecule has 150 valence electrons. The van der Waals surface area contributed by atoms with Gasteiger partial charge in [0, 0.05) is 12.3 Å². The molecule has 5 heteroatoms. The third kappa shape index (κ3) is 5.18. The summed E-state index contributed by atoms with van der Waals surface area (Å²) in [6, 6.07) is 14.1. The average molecular weight is 398 g/mol. The summed E-state index contributed by atoms with van der Waals surface area (Å²) in [5.74, 6) is -0.334. The van der Waals surface area contributed by atoms with Crippen LogP contribution >= 0.6 is 0 Å². The van der Waals surface area contributed by atoms with Crippen molar-refractivity contribution in [1.82, 2.24) is 4.98 Å². The molecule has 0 fully saturated rings. The van der Waals surface area contributed by atoms with Gasteiger partial charge in [-0.2, -0.15) is 0 Å². The molecule has 0 saturated carbocycles. The van der Waals surface area contributed by atoms with Crippen LogP contribution in [0.25, 0.3) is 6.08 Å². The van der Waals surface area contributed by atoms with E-state index in [-0.39, 0.29) is 5.97 Å². The molecule has 1 aromatic heterocycles. The van der Waals surface area contributed by atoms with Crippen molar-refractivity contribution >= 4 is 25.7 Å². The van der Waals surface area contributed by atoms with Crippen molar-refractivity contribution in [2.24, 2.45) is 0 Å². The topological polar surface area (TPSA) is 48.4 Å². The lowest BCUT2D eigenvalue weighted by Crippen LogP contribution is -2.57. The van der Waals surface area contributed by atoms with E-state index in [0.29, 0.717) is 24.3 Å². The molecule has 0 bridgehead atoms. The van der Waals surface area contributed by atoms with Crippen LogP contribution < -0.4 is 5.32 Å². The molecule has 2 rings (SSSR count). The van der Waals surface area contributed by atoms with Crippen LogP contribution in [-0.4, -0.2) is 25.9 Å². The summed E-state index contributed by atoms with van der Waals surface area (Å²) in [5, 5.41) is 1.08. The highest BCUT2D eigenvalue weighted by Crippen LogP contribution is 2.33. The molecule has 1 heterocycles. The van der Waals surface area contributed by atoms with E-state index < -0.39 is 8.32 Å². The molecule has 0 unspecified atom stereocenters. The minimum Gasteiger partial charge on any atom is -0.463 e. The Balaban J connectivity index is 2.31. The van der Waals surface area contributed by atoms with Gasteiger partial charge in [-0.3, -0.25) is 4.98 Å². The quantitative estimate of drug-likeness (QED) is 0.345. The van der Waals surface area contributed by atoms with Crippen molar-refractivity contribution in [2.45, 2.75) is 52.3 Å². The molecule has 1 aromatic carbocycles. The highest BCUT2D eigenvalue weighted by atomic mass is 28.4. The van der Waals surface area contributed by atoms with Gasteiger partial charge in [0.05, 0.1) is 18.5 Å². The summed E-state index contributed by atoms with van der Waals surface area (Å²) in [4.78, 5) is 16.3. The molecule has 0 saturated heterocycles. The van der Waals surface area contributed by atoms with Crippen LogP contribution in [0.5, 0.6) is 0 Å². The molecule has 0 radical (unpaired) electrons. The van der Waals surface area contributed by atoms with Crippen molar-refractivity contribution in [1.29, 1.82) is 0 Å². The van der Waals surface area contributed by atoms with E-state index in [9.17, 15) is 4.79 Å². The molecule has 0 aliphatic heterocycles. The predicted molar refractivity (Wildman–Crippen MR) is 117 cm³/mol. The number of carbonyl (C=O) groups is 1. The van der Waals surface area contributed by atoms with Gasteiger partial charge < -0.3 is 9.16 Å². The van der Waals surface area contributed by atoms with Gasteiger partial charge in [0.25, 0.3) is 0 Å². The minimum absolute atomic E-state index is 0.334. The maximum Gasteiger partial charge on any atom is 0.330 e. The van der Waals surface area contributed by atoms with Gasteiger partial charge in [0.1, 0.15) is 0 Å². The van der Waals surface area contributed by atoms with Crippen LogP contribution in [0.2, 0.25) is 11.1 Å². The molecule has 0 spiro atoms. The second kappa shape index (κ2) is 10.3. The van der Waals surface area contributed by atoms with E-state index >= 15 is 0 Å². The summed E-state index contributed by atoms with van der Waals surface area (Å²) < 4.78 is 11.7. The first-order valence-electron chi connectivity index (χ1n) is 9.90. The maximum absolute atomic E-state index is 11.7. The third-order valence-electron chi connectivity index (χ3n) is 4.99. The van der Waals surface area contributed by atoms with Crippen molar-refractivity contribution < 1.29 is 14.0 Å². The lowest BCUT2D eigenvalue weighted by Gasteiger charge is -2.38. The first kappa shape index (κ1) is 22.1. The molecule has 0 atom stereocenters. The van der Waals surface area contributed by atoms with Crippen molar-refractivity contribution in [3.8, 4) is 0 Å². The number of hydrogen-bond donors (Lipinski definition) is 0. The maximum atomic E-state index is 11.7. The van der Waals surface area contributed by atoms with E-state index in [4.69, 9.17) is 9.16 Å². The number of pyridine rings is 1. The number of esters is 1. The van der Waals surface area contributed by atoms with Gasteiger partial charge in [0.15, 0.2) is 0 Å². The lowest BCUT2D eigenvalue weighted by atomic mass is 10.1. The second-order valence-electron chi connectivity index (χ2n) is 7.39. The van der Waals surface area contributed by atoms with Crippen LogP contribution in [0.4, 0.5) is 0 Å². The van der Waals surface area contributed by atoms with E-state index in [0.717, 1.165) is 16.4 Å². The molecule has 2 aromatic rings. The predicted octanol–water partition coefficient (Wildman–Crippen LogP) is 4.85. The van der Waals surface area contributed by atoms with Gasteiger partial charge in [-0.15, -0.1) is 0 Å². The second-order valence-corrected chi connectivity index (χ2v) is 12.1. The summed E-state index contributed by atoms with van der Waals surface area (Å²) in [6.45, 7) is 11.6. The van der Waals surface area contributed by atoms with Crippen LogP contribution in [-0.2, 0) is 20.6 Å². The fourth-order valence-electron chi connectivity index (χ4n) is 3.63. The van der Waals surface area contributed by atoms with Crippen LogP contribution in [0, 0.1) is 0 Å². The Morgan fingerprint density at radius 3 is 2.36 bits per heavy atom. The summed E-state index contributed by atoms with van der Waals surface area (Å²) in [5.41, 5.74) is 2.78. The number of hydrogen-bond acceptors (Lipinski definition) is 4. The van der Waals surface area contributed by atoms with Crippen molar-refractivity contribution in [3.05, 3.63) is 65.9 Å². The number of nitrogens with zero attached hydrogens (tertiary/aromatic N) is 1. The SMILES string of the molecule is CCOC(=O)/C=C/c1ccccc1CO[Si](c1ccccn1)(C(C)C)C(C)C. The highest BCUT2D eigenvalue weighted by Gasteiger charge is 2.45. The number of aromatic nitrogens is 1. The van der Waals surface area contributed by atoms with Gasteiger partial charge >= 0.3 is 5.97 Å². The Hall–Kier alpha value is -2.24. The molecule has 4 nitrogen and oxygen atoms in total. The van der Waals surface area contributed by atoms with E-state index in [1.807, 2.05) is 42.6 Å². The van der Waals surface area contributed by atoms with Gasteiger partial charge in [-0.1, -0.05) is 58.0 Å². The minimum atomic E-state index is -2.32. The van der Waals surface area contributed by atoms with E-state index in [1.54, 1.807) is 13.0 Å². The Kier molecular flexibility index (Phi) is 8.14. The van der Waals surface area contributed by atoms with Crippen molar-refractivity contribution in [2.75, 3.05) is 6.61 Å². The Morgan fingerprint density at radius 2 is 1.75 bits per heavy atom. The van der Waals surface area contributed by atoms with Gasteiger partial charge in [-0.05, 0) is 47.3 Å². The Morgan fingerprint density at radius 1 is 1.07 bits per heavy atom.